The molecule has 0 saturated carbocycles. The third-order valence-electron chi connectivity index (χ3n) is 3.47. The highest BCUT2D eigenvalue weighted by atomic mass is 35.5. The van der Waals surface area contributed by atoms with Crippen LogP contribution in [0, 0.1) is 0 Å². The van der Waals surface area contributed by atoms with Crippen LogP contribution in [0.2, 0.25) is 10.0 Å². The van der Waals surface area contributed by atoms with Crippen LogP contribution in [0.1, 0.15) is 11.1 Å². The van der Waals surface area contributed by atoms with Crippen LogP contribution in [0.25, 0.3) is 0 Å². The number of ether oxygens (including phenoxy) is 4. The maximum absolute atomic E-state index is 12.1. The van der Waals surface area contributed by atoms with Gasteiger partial charge in [0.25, 0.3) is 0 Å². The summed E-state index contributed by atoms with van der Waals surface area (Å²) in [6.45, 7) is 0.0702. The summed E-state index contributed by atoms with van der Waals surface area (Å²) >= 11 is 11.9. The minimum atomic E-state index is -0.405. The minimum Gasteiger partial charge on any atom is -0.493 e. The van der Waals surface area contributed by atoms with Gasteiger partial charge in [-0.15, -0.1) is 0 Å². The maximum atomic E-state index is 12.1. The lowest BCUT2D eigenvalue weighted by Crippen LogP contribution is -2.08. The summed E-state index contributed by atoms with van der Waals surface area (Å²) in [6.07, 6.45) is 0.0560. The van der Waals surface area contributed by atoms with Crippen LogP contribution >= 0.6 is 23.2 Å². The molecule has 0 bridgehead atoms. The maximum Gasteiger partial charge on any atom is 0.310 e. The second-order valence-electron chi connectivity index (χ2n) is 5.11. The number of carbonyl (C=O) groups excluding carboxylic acids is 1. The lowest BCUT2D eigenvalue weighted by Gasteiger charge is -2.14. The normalized spacial score (nSPS) is 10.3. The van der Waals surface area contributed by atoms with E-state index < -0.39 is 5.97 Å². The van der Waals surface area contributed by atoms with Crippen molar-refractivity contribution in [3.05, 3.63) is 51.5 Å². The Labute approximate surface area is 156 Å². The number of carbonyl (C=O) groups is 1. The fourth-order valence-corrected chi connectivity index (χ4v) is 2.73. The van der Waals surface area contributed by atoms with Crippen molar-refractivity contribution in [2.45, 2.75) is 13.0 Å². The largest absolute Gasteiger partial charge is 0.493 e. The third-order valence-corrected chi connectivity index (χ3v) is 4.06. The number of rotatable bonds is 7. The van der Waals surface area contributed by atoms with Gasteiger partial charge in [-0.25, -0.2) is 0 Å². The second-order valence-corrected chi connectivity index (χ2v) is 5.95. The molecule has 0 N–H and O–H groups in total. The van der Waals surface area contributed by atoms with E-state index in [0.29, 0.717) is 38.4 Å². The molecule has 0 unspecified atom stereocenters. The Morgan fingerprint density at radius 1 is 0.960 bits per heavy atom. The van der Waals surface area contributed by atoms with E-state index in [1.165, 1.54) is 21.3 Å². The molecule has 0 aliphatic carbocycles. The Bertz CT molecular complexity index is 736. The van der Waals surface area contributed by atoms with Gasteiger partial charge in [0.1, 0.15) is 6.61 Å². The summed E-state index contributed by atoms with van der Waals surface area (Å²) in [5, 5.41) is 0.941. The molecule has 0 fully saturated rings. The average molecular weight is 385 g/mol. The smallest absolute Gasteiger partial charge is 0.310 e. The van der Waals surface area contributed by atoms with Crippen molar-refractivity contribution in [2.75, 3.05) is 21.3 Å². The molecular weight excluding hydrogens is 367 g/mol. The number of hydrogen-bond acceptors (Lipinski definition) is 5. The molecule has 0 heterocycles. The zero-order chi connectivity index (χ0) is 18.4. The highest BCUT2D eigenvalue weighted by Crippen LogP contribution is 2.38. The van der Waals surface area contributed by atoms with Gasteiger partial charge in [-0.3, -0.25) is 4.79 Å². The molecule has 134 valence electrons. The van der Waals surface area contributed by atoms with E-state index in [-0.39, 0.29) is 13.0 Å². The van der Waals surface area contributed by atoms with Crippen molar-refractivity contribution in [1.29, 1.82) is 0 Å². The predicted molar refractivity (Wildman–Crippen MR) is 96.1 cm³/mol. The first-order valence-corrected chi connectivity index (χ1v) is 8.12. The van der Waals surface area contributed by atoms with Crippen LogP contribution in [0.4, 0.5) is 0 Å². The van der Waals surface area contributed by atoms with Gasteiger partial charge < -0.3 is 18.9 Å². The fraction of sp³-hybridized carbons (Fsp3) is 0.278. The molecule has 0 saturated heterocycles. The van der Waals surface area contributed by atoms with E-state index in [4.69, 9.17) is 42.1 Å². The van der Waals surface area contributed by atoms with E-state index in [0.717, 1.165) is 0 Å². The van der Waals surface area contributed by atoms with Gasteiger partial charge in [0.05, 0.1) is 27.8 Å². The third kappa shape index (κ3) is 4.94. The van der Waals surface area contributed by atoms with Gasteiger partial charge in [0.2, 0.25) is 5.75 Å². The van der Waals surface area contributed by atoms with Gasteiger partial charge in [0.15, 0.2) is 11.5 Å². The highest BCUT2D eigenvalue weighted by Gasteiger charge is 2.15. The predicted octanol–water partition coefficient (Wildman–Crippen LogP) is 4.31. The molecular formula is C18H18Cl2O5. The Morgan fingerprint density at radius 3 is 2.12 bits per heavy atom. The van der Waals surface area contributed by atoms with Crippen molar-refractivity contribution in [3.8, 4) is 17.2 Å². The molecule has 0 spiro atoms. The fourth-order valence-electron chi connectivity index (χ4n) is 2.25. The summed E-state index contributed by atoms with van der Waals surface area (Å²) in [5.74, 6) is 1.06. The number of methoxy groups -OCH3 is 3. The number of hydrogen-bond donors (Lipinski definition) is 0. The van der Waals surface area contributed by atoms with E-state index in [2.05, 4.69) is 0 Å². The SMILES string of the molecule is COc1cc(COC(=O)Cc2ccc(Cl)cc2Cl)cc(OC)c1OC. The van der Waals surface area contributed by atoms with Gasteiger partial charge in [-0.2, -0.15) is 0 Å². The second kappa shape index (κ2) is 8.83. The van der Waals surface area contributed by atoms with Crippen molar-refractivity contribution in [3.63, 3.8) is 0 Å². The summed E-state index contributed by atoms with van der Waals surface area (Å²) in [6, 6.07) is 8.42. The Balaban J connectivity index is 2.06. The molecule has 2 aromatic carbocycles. The summed E-state index contributed by atoms with van der Waals surface area (Å²) in [5.41, 5.74) is 1.37. The first kappa shape index (κ1) is 19.2. The Hall–Kier alpha value is -2.11. The number of esters is 1. The molecule has 5 nitrogen and oxygen atoms in total. The van der Waals surface area contributed by atoms with Crippen LogP contribution in [0.3, 0.4) is 0 Å². The lowest BCUT2D eigenvalue weighted by molar-refractivity contribution is -0.144. The Morgan fingerprint density at radius 2 is 1.60 bits per heavy atom. The van der Waals surface area contributed by atoms with Crippen LogP contribution < -0.4 is 14.2 Å². The Kier molecular flexibility index (Phi) is 6.79. The lowest BCUT2D eigenvalue weighted by atomic mass is 10.1. The molecule has 0 aliphatic rings. The monoisotopic (exact) mass is 384 g/mol. The standard InChI is InChI=1S/C18H18Cl2O5/c1-22-15-6-11(7-16(23-2)18(15)24-3)10-25-17(21)8-12-4-5-13(19)9-14(12)20/h4-7,9H,8,10H2,1-3H3. The summed E-state index contributed by atoms with van der Waals surface area (Å²) in [7, 11) is 4.57. The van der Waals surface area contributed by atoms with Gasteiger partial charge in [-0.1, -0.05) is 29.3 Å². The molecule has 0 atom stereocenters. The van der Waals surface area contributed by atoms with Gasteiger partial charge in [0, 0.05) is 10.0 Å². The first-order chi connectivity index (χ1) is 12.0. The van der Waals surface area contributed by atoms with Crippen LogP contribution in [-0.2, 0) is 22.6 Å². The molecule has 0 radical (unpaired) electrons. The zero-order valence-corrected chi connectivity index (χ0v) is 15.6. The molecule has 7 heteroatoms. The summed E-state index contributed by atoms with van der Waals surface area (Å²) in [4.78, 5) is 12.1. The number of benzene rings is 2. The van der Waals surface area contributed by atoms with Gasteiger partial charge >= 0.3 is 5.97 Å². The van der Waals surface area contributed by atoms with E-state index in [9.17, 15) is 4.79 Å². The van der Waals surface area contributed by atoms with E-state index in [1.807, 2.05) is 0 Å². The molecule has 2 rings (SSSR count). The van der Waals surface area contributed by atoms with Crippen molar-refractivity contribution in [1.82, 2.24) is 0 Å². The van der Waals surface area contributed by atoms with Gasteiger partial charge in [-0.05, 0) is 35.4 Å². The molecule has 0 aliphatic heterocycles. The summed E-state index contributed by atoms with van der Waals surface area (Å²) < 4.78 is 21.1. The van der Waals surface area contributed by atoms with Crippen molar-refractivity contribution >= 4 is 29.2 Å². The van der Waals surface area contributed by atoms with E-state index in [1.54, 1.807) is 30.3 Å². The van der Waals surface area contributed by atoms with Crippen LogP contribution in [-0.4, -0.2) is 27.3 Å². The van der Waals surface area contributed by atoms with Crippen LogP contribution in [0.5, 0.6) is 17.2 Å². The van der Waals surface area contributed by atoms with Crippen molar-refractivity contribution in [2.24, 2.45) is 0 Å². The zero-order valence-electron chi connectivity index (χ0n) is 14.1. The minimum absolute atomic E-state index is 0.0560. The topological polar surface area (TPSA) is 54.0 Å². The molecule has 0 aromatic heterocycles. The molecule has 2 aromatic rings. The van der Waals surface area contributed by atoms with Crippen LogP contribution in [0.15, 0.2) is 30.3 Å². The molecule has 0 amide bonds. The quantitative estimate of drug-likeness (QED) is 0.665. The van der Waals surface area contributed by atoms with Crippen molar-refractivity contribution < 1.29 is 23.7 Å². The number of halogens is 2. The first-order valence-electron chi connectivity index (χ1n) is 7.37. The van der Waals surface area contributed by atoms with E-state index >= 15 is 0 Å². The highest BCUT2D eigenvalue weighted by molar-refractivity contribution is 6.35. The average Bonchev–Trinajstić information content (AvgIpc) is 2.61. The molecule has 25 heavy (non-hydrogen) atoms.